The van der Waals surface area contributed by atoms with Crippen molar-refractivity contribution in [2.75, 3.05) is 13.2 Å². The maximum Gasteiger partial charge on any atom is 0.189 e. The van der Waals surface area contributed by atoms with E-state index in [0.717, 1.165) is 11.1 Å². The van der Waals surface area contributed by atoms with Crippen LogP contribution < -0.4 is 0 Å². The SMILES string of the molecule is O=C1/C(=C/C=C/c2ccccc2)COC/C1=C\C=C\c1ccccc1. The highest BCUT2D eigenvalue weighted by molar-refractivity contribution is 6.09. The molecule has 124 valence electrons. The molecule has 2 aromatic rings. The summed E-state index contributed by atoms with van der Waals surface area (Å²) in [7, 11) is 0. The van der Waals surface area contributed by atoms with Gasteiger partial charge in [0.25, 0.3) is 0 Å². The average Bonchev–Trinajstić information content (AvgIpc) is 2.66. The lowest BCUT2D eigenvalue weighted by atomic mass is 10.0. The lowest BCUT2D eigenvalue weighted by molar-refractivity contribution is -0.114. The van der Waals surface area contributed by atoms with Crippen LogP contribution in [0.15, 0.2) is 96.1 Å². The van der Waals surface area contributed by atoms with Crippen LogP contribution in [0, 0.1) is 0 Å². The Labute approximate surface area is 148 Å². The molecule has 0 aliphatic carbocycles. The van der Waals surface area contributed by atoms with Gasteiger partial charge in [0.1, 0.15) is 0 Å². The van der Waals surface area contributed by atoms with Crippen molar-refractivity contribution in [3.8, 4) is 0 Å². The van der Waals surface area contributed by atoms with Crippen molar-refractivity contribution in [2.45, 2.75) is 0 Å². The Bertz CT molecular complexity index is 755. The van der Waals surface area contributed by atoms with Crippen molar-refractivity contribution >= 4 is 17.9 Å². The Kier molecular flexibility index (Phi) is 5.91. The van der Waals surface area contributed by atoms with Crippen LogP contribution in [0.3, 0.4) is 0 Å². The zero-order valence-corrected chi connectivity index (χ0v) is 14.0. The molecule has 3 rings (SSSR count). The molecule has 1 aliphatic heterocycles. The summed E-state index contributed by atoms with van der Waals surface area (Å²) in [5.74, 6) is 0.0571. The molecule has 0 saturated carbocycles. The summed E-state index contributed by atoms with van der Waals surface area (Å²) in [6.07, 6.45) is 11.4. The smallest absolute Gasteiger partial charge is 0.189 e. The fraction of sp³-hybridized carbons (Fsp3) is 0.0870. The molecular formula is C23H20O2. The maximum atomic E-state index is 12.5. The van der Waals surface area contributed by atoms with E-state index in [1.54, 1.807) is 0 Å². The van der Waals surface area contributed by atoms with E-state index in [1.165, 1.54) is 0 Å². The van der Waals surface area contributed by atoms with Gasteiger partial charge in [0.05, 0.1) is 13.2 Å². The van der Waals surface area contributed by atoms with Crippen molar-refractivity contribution in [1.82, 2.24) is 0 Å². The van der Waals surface area contributed by atoms with Gasteiger partial charge in [-0.1, -0.05) is 97.1 Å². The molecule has 0 spiro atoms. The number of ether oxygens (including phenoxy) is 1. The molecule has 0 aromatic heterocycles. The van der Waals surface area contributed by atoms with Crippen molar-refractivity contribution in [2.24, 2.45) is 0 Å². The summed E-state index contributed by atoms with van der Waals surface area (Å²) in [5.41, 5.74) is 3.56. The molecule has 0 bridgehead atoms. The topological polar surface area (TPSA) is 26.3 Å². The number of Topliss-reactive ketones (excluding diaryl/α,β-unsaturated/α-hetero) is 1. The molecule has 2 heteroatoms. The van der Waals surface area contributed by atoms with Crippen LogP contribution in [0.4, 0.5) is 0 Å². The Morgan fingerprint density at radius 1 is 0.680 bits per heavy atom. The highest BCUT2D eigenvalue weighted by Gasteiger charge is 2.19. The van der Waals surface area contributed by atoms with Gasteiger partial charge in [0, 0.05) is 11.1 Å². The first-order valence-electron chi connectivity index (χ1n) is 8.30. The molecule has 25 heavy (non-hydrogen) atoms. The summed E-state index contributed by atoms with van der Waals surface area (Å²) >= 11 is 0. The molecular weight excluding hydrogens is 308 g/mol. The quantitative estimate of drug-likeness (QED) is 0.749. The fourth-order valence-corrected chi connectivity index (χ4v) is 2.53. The van der Waals surface area contributed by atoms with Crippen LogP contribution >= 0.6 is 0 Å². The summed E-state index contributed by atoms with van der Waals surface area (Å²) in [4.78, 5) is 12.5. The van der Waals surface area contributed by atoms with Crippen LogP contribution in [0.2, 0.25) is 0 Å². The number of rotatable bonds is 4. The molecule has 2 aromatic carbocycles. The number of carbonyl (C=O) groups excluding carboxylic acids is 1. The van der Waals surface area contributed by atoms with E-state index in [9.17, 15) is 4.79 Å². The van der Waals surface area contributed by atoms with Crippen LogP contribution in [-0.2, 0) is 9.53 Å². The van der Waals surface area contributed by atoms with E-state index >= 15 is 0 Å². The van der Waals surface area contributed by atoms with Gasteiger partial charge in [0.15, 0.2) is 5.78 Å². The molecule has 0 amide bonds. The Morgan fingerprint density at radius 3 is 1.56 bits per heavy atom. The first kappa shape index (κ1) is 16.9. The standard InChI is InChI=1S/C23H20O2/c24-23-21(15-7-13-19-9-3-1-4-10-19)17-25-18-22(23)16-8-14-20-11-5-2-6-12-20/h1-16H,17-18H2/b13-7+,14-8+,21-15+,22-16+. The fourth-order valence-electron chi connectivity index (χ4n) is 2.53. The lowest BCUT2D eigenvalue weighted by Crippen LogP contribution is -2.21. The monoisotopic (exact) mass is 328 g/mol. The van der Waals surface area contributed by atoms with Gasteiger partial charge in [-0.15, -0.1) is 0 Å². The zero-order valence-electron chi connectivity index (χ0n) is 14.0. The molecule has 0 radical (unpaired) electrons. The van der Waals surface area contributed by atoms with Gasteiger partial charge in [-0.25, -0.2) is 0 Å². The van der Waals surface area contributed by atoms with Gasteiger partial charge in [-0.05, 0) is 11.1 Å². The summed E-state index contributed by atoms with van der Waals surface area (Å²) in [6.45, 7) is 0.718. The maximum absolute atomic E-state index is 12.5. The van der Waals surface area contributed by atoms with Crippen LogP contribution in [-0.4, -0.2) is 19.0 Å². The molecule has 1 fully saturated rings. The third-order valence-corrected chi connectivity index (χ3v) is 3.87. The Hall–Kier alpha value is -2.97. The minimum absolute atomic E-state index is 0.0571. The molecule has 0 atom stereocenters. The Balaban J connectivity index is 1.68. The second-order valence-corrected chi connectivity index (χ2v) is 5.75. The van der Waals surface area contributed by atoms with Crippen molar-refractivity contribution in [1.29, 1.82) is 0 Å². The van der Waals surface area contributed by atoms with Crippen LogP contribution in [0.1, 0.15) is 11.1 Å². The largest absolute Gasteiger partial charge is 0.372 e. The molecule has 1 aliphatic rings. The van der Waals surface area contributed by atoms with Gasteiger partial charge < -0.3 is 4.74 Å². The highest BCUT2D eigenvalue weighted by Crippen LogP contribution is 2.15. The molecule has 1 heterocycles. The first-order chi connectivity index (χ1) is 12.3. The van der Waals surface area contributed by atoms with E-state index in [0.29, 0.717) is 24.4 Å². The minimum Gasteiger partial charge on any atom is -0.372 e. The van der Waals surface area contributed by atoms with Crippen LogP contribution in [0.25, 0.3) is 12.2 Å². The van der Waals surface area contributed by atoms with Gasteiger partial charge in [-0.3, -0.25) is 4.79 Å². The third kappa shape index (κ3) is 5.00. The number of ketones is 1. The molecule has 0 N–H and O–H groups in total. The van der Waals surface area contributed by atoms with Crippen molar-refractivity contribution in [3.05, 3.63) is 107 Å². The third-order valence-electron chi connectivity index (χ3n) is 3.87. The zero-order chi connectivity index (χ0) is 17.3. The number of hydrogen-bond acceptors (Lipinski definition) is 2. The molecule has 1 saturated heterocycles. The van der Waals surface area contributed by atoms with Gasteiger partial charge >= 0.3 is 0 Å². The number of carbonyl (C=O) groups is 1. The molecule has 2 nitrogen and oxygen atoms in total. The summed E-state index contributed by atoms with van der Waals surface area (Å²) < 4.78 is 5.55. The Morgan fingerprint density at radius 2 is 1.12 bits per heavy atom. The second kappa shape index (κ2) is 8.76. The minimum atomic E-state index is 0.0571. The first-order valence-corrected chi connectivity index (χ1v) is 8.30. The average molecular weight is 328 g/mol. The highest BCUT2D eigenvalue weighted by atomic mass is 16.5. The lowest BCUT2D eigenvalue weighted by Gasteiger charge is -2.16. The van der Waals surface area contributed by atoms with E-state index < -0.39 is 0 Å². The van der Waals surface area contributed by atoms with Gasteiger partial charge in [-0.2, -0.15) is 0 Å². The van der Waals surface area contributed by atoms with E-state index in [-0.39, 0.29) is 5.78 Å². The summed E-state index contributed by atoms with van der Waals surface area (Å²) in [5, 5.41) is 0. The van der Waals surface area contributed by atoms with E-state index in [2.05, 4.69) is 0 Å². The molecule has 0 unspecified atom stereocenters. The van der Waals surface area contributed by atoms with Crippen LogP contribution in [0.5, 0.6) is 0 Å². The predicted octanol–water partition coefficient (Wildman–Crippen LogP) is 4.87. The normalized spacial score (nSPS) is 18.6. The van der Waals surface area contributed by atoms with E-state index in [1.807, 2.05) is 97.1 Å². The predicted molar refractivity (Wildman–Crippen MR) is 103 cm³/mol. The second-order valence-electron chi connectivity index (χ2n) is 5.75. The van der Waals surface area contributed by atoms with E-state index in [4.69, 9.17) is 4.74 Å². The number of hydrogen-bond donors (Lipinski definition) is 0. The van der Waals surface area contributed by atoms with Gasteiger partial charge in [0.2, 0.25) is 0 Å². The van der Waals surface area contributed by atoms with Crippen molar-refractivity contribution < 1.29 is 9.53 Å². The summed E-state index contributed by atoms with van der Waals surface area (Å²) in [6, 6.07) is 20.0. The number of allylic oxidation sites excluding steroid dienone is 4. The van der Waals surface area contributed by atoms with Crippen molar-refractivity contribution in [3.63, 3.8) is 0 Å². The number of benzene rings is 2.